The summed E-state index contributed by atoms with van der Waals surface area (Å²) in [7, 11) is 1.24. The van der Waals surface area contributed by atoms with Gasteiger partial charge in [0.1, 0.15) is 0 Å². The topological polar surface area (TPSA) is 81.7 Å². The van der Waals surface area contributed by atoms with Gasteiger partial charge in [0.05, 0.1) is 34.0 Å². The summed E-state index contributed by atoms with van der Waals surface area (Å²) in [5.74, 6) is -1.93. The van der Waals surface area contributed by atoms with Crippen LogP contribution in [0.1, 0.15) is 20.7 Å². The zero-order chi connectivity index (χ0) is 18.4. The average molecular weight is 382 g/mol. The van der Waals surface area contributed by atoms with Gasteiger partial charge in [-0.25, -0.2) is 9.59 Å². The molecule has 0 saturated carbocycles. The van der Waals surface area contributed by atoms with E-state index in [2.05, 4.69) is 10.1 Å². The summed E-state index contributed by atoms with van der Waals surface area (Å²) in [5, 5.41) is 2.99. The van der Waals surface area contributed by atoms with Gasteiger partial charge in [0.15, 0.2) is 6.61 Å². The number of ether oxygens (including phenoxy) is 2. The molecule has 0 unspecified atom stereocenters. The van der Waals surface area contributed by atoms with Crippen molar-refractivity contribution in [2.45, 2.75) is 0 Å². The number of methoxy groups -OCH3 is 1. The minimum absolute atomic E-state index is 0.164. The fraction of sp³-hybridized carbons (Fsp3) is 0.118. The van der Waals surface area contributed by atoms with Gasteiger partial charge in [0, 0.05) is 0 Å². The molecule has 0 aliphatic carbocycles. The van der Waals surface area contributed by atoms with Crippen molar-refractivity contribution in [2.75, 3.05) is 19.0 Å². The van der Waals surface area contributed by atoms with E-state index in [1.807, 2.05) is 0 Å². The molecule has 0 spiro atoms. The Labute approximate surface area is 153 Å². The monoisotopic (exact) mass is 381 g/mol. The van der Waals surface area contributed by atoms with Crippen LogP contribution in [0.25, 0.3) is 0 Å². The maximum absolute atomic E-state index is 11.9. The van der Waals surface area contributed by atoms with Gasteiger partial charge in [-0.1, -0.05) is 35.3 Å². The first kappa shape index (κ1) is 18.8. The normalized spacial score (nSPS) is 10.0. The van der Waals surface area contributed by atoms with Crippen LogP contribution in [0.5, 0.6) is 0 Å². The van der Waals surface area contributed by atoms with E-state index in [0.29, 0.717) is 5.02 Å². The zero-order valence-electron chi connectivity index (χ0n) is 13.0. The highest BCUT2D eigenvalue weighted by atomic mass is 35.5. The number of carbonyl (C=O) groups is 3. The number of esters is 2. The number of hydrogen-bond acceptors (Lipinski definition) is 5. The molecule has 0 aliphatic rings. The van der Waals surface area contributed by atoms with Crippen LogP contribution in [0, 0.1) is 0 Å². The molecule has 2 aromatic rings. The first-order valence-corrected chi connectivity index (χ1v) is 7.77. The highest BCUT2D eigenvalue weighted by molar-refractivity contribution is 6.42. The number of halogens is 2. The molecule has 2 aromatic carbocycles. The summed E-state index contributed by atoms with van der Waals surface area (Å²) in [4.78, 5) is 35.5. The number of anilines is 1. The summed E-state index contributed by atoms with van der Waals surface area (Å²) >= 11 is 11.6. The maximum Gasteiger partial charge on any atom is 0.339 e. The van der Waals surface area contributed by atoms with Gasteiger partial charge in [-0.3, -0.25) is 4.79 Å². The van der Waals surface area contributed by atoms with E-state index >= 15 is 0 Å². The van der Waals surface area contributed by atoms with Crippen LogP contribution in [0.2, 0.25) is 10.0 Å². The van der Waals surface area contributed by atoms with Crippen LogP contribution in [-0.2, 0) is 14.3 Å². The molecule has 0 heterocycles. The Balaban J connectivity index is 1.98. The lowest BCUT2D eigenvalue weighted by atomic mass is 10.2. The van der Waals surface area contributed by atoms with Crippen LogP contribution in [0.15, 0.2) is 42.5 Å². The third-order valence-corrected chi connectivity index (χ3v) is 3.84. The van der Waals surface area contributed by atoms with E-state index in [4.69, 9.17) is 27.9 Å². The Hall–Kier alpha value is -2.57. The Kier molecular flexibility index (Phi) is 6.38. The van der Waals surface area contributed by atoms with Gasteiger partial charge in [0.25, 0.3) is 5.91 Å². The molecule has 0 aliphatic heterocycles. The van der Waals surface area contributed by atoms with Crippen LogP contribution < -0.4 is 5.32 Å². The SMILES string of the molecule is COC(=O)c1ccccc1NC(=O)COC(=O)c1ccc(Cl)c(Cl)c1. The summed E-state index contributed by atoms with van der Waals surface area (Å²) < 4.78 is 9.55. The minimum Gasteiger partial charge on any atom is -0.465 e. The summed E-state index contributed by atoms with van der Waals surface area (Å²) in [6, 6.07) is 10.5. The van der Waals surface area contributed by atoms with Crippen LogP contribution in [0.4, 0.5) is 5.69 Å². The number of hydrogen-bond donors (Lipinski definition) is 1. The van der Waals surface area contributed by atoms with Gasteiger partial charge in [0.2, 0.25) is 0 Å². The number of amides is 1. The molecule has 0 fully saturated rings. The predicted octanol–water partition coefficient (Wildman–Crippen LogP) is 3.58. The van der Waals surface area contributed by atoms with Crippen molar-refractivity contribution in [1.29, 1.82) is 0 Å². The van der Waals surface area contributed by atoms with Crippen molar-refractivity contribution in [1.82, 2.24) is 0 Å². The highest BCUT2D eigenvalue weighted by Crippen LogP contribution is 2.23. The molecule has 1 N–H and O–H groups in total. The number of para-hydroxylation sites is 1. The number of nitrogens with one attached hydrogen (secondary N) is 1. The first-order valence-electron chi connectivity index (χ1n) is 7.01. The van der Waals surface area contributed by atoms with Crippen molar-refractivity contribution in [3.63, 3.8) is 0 Å². The van der Waals surface area contributed by atoms with Gasteiger partial charge in [-0.05, 0) is 30.3 Å². The Bertz CT molecular complexity index is 822. The lowest BCUT2D eigenvalue weighted by Gasteiger charge is -2.10. The van der Waals surface area contributed by atoms with Crippen LogP contribution >= 0.6 is 23.2 Å². The van der Waals surface area contributed by atoms with E-state index < -0.39 is 24.5 Å². The third kappa shape index (κ3) is 4.95. The van der Waals surface area contributed by atoms with E-state index in [0.717, 1.165) is 0 Å². The summed E-state index contributed by atoms with van der Waals surface area (Å²) in [6.07, 6.45) is 0. The van der Waals surface area contributed by atoms with E-state index in [1.165, 1.54) is 37.4 Å². The lowest BCUT2D eigenvalue weighted by Crippen LogP contribution is -2.22. The standard InChI is InChI=1S/C17H13Cl2NO5/c1-24-17(23)11-4-2-3-5-14(11)20-15(21)9-25-16(22)10-6-7-12(18)13(19)8-10/h2-8H,9H2,1H3,(H,20,21). The van der Waals surface area contributed by atoms with Gasteiger partial charge >= 0.3 is 11.9 Å². The molecular weight excluding hydrogens is 369 g/mol. The van der Waals surface area contributed by atoms with Gasteiger partial charge in [-0.2, -0.15) is 0 Å². The molecule has 1 amide bonds. The Morgan fingerprint density at radius 2 is 1.72 bits per heavy atom. The smallest absolute Gasteiger partial charge is 0.339 e. The fourth-order valence-electron chi connectivity index (χ4n) is 1.90. The molecule has 0 aromatic heterocycles. The van der Waals surface area contributed by atoms with Crippen molar-refractivity contribution >= 4 is 46.7 Å². The number of benzene rings is 2. The molecule has 0 radical (unpaired) electrons. The Morgan fingerprint density at radius 3 is 2.40 bits per heavy atom. The zero-order valence-corrected chi connectivity index (χ0v) is 14.6. The fourth-order valence-corrected chi connectivity index (χ4v) is 2.20. The second-order valence-electron chi connectivity index (χ2n) is 4.79. The minimum atomic E-state index is -0.727. The second-order valence-corrected chi connectivity index (χ2v) is 5.60. The molecule has 8 heteroatoms. The lowest BCUT2D eigenvalue weighted by molar-refractivity contribution is -0.119. The van der Waals surface area contributed by atoms with Crippen molar-refractivity contribution in [2.24, 2.45) is 0 Å². The molecule has 25 heavy (non-hydrogen) atoms. The highest BCUT2D eigenvalue weighted by Gasteiger charge is 2.15. The second kappa shape index (κ2) is 8.50. The molecule has 2 rings (SSSR count). The molecule has 130 valence electrons. The largest absolute Gasteiger partial charge is 0.465 e. The van der Waals surface area contributed by atoms with E-state index in [9.17, 15) is 14.4 Å². The van der Waals surface area contributed by atoms with Crippen LogP contribution in [0.3, 0.4) is 0 Å². The Morgan fingerprint density at radius 1 is 1.00 bits per heavy atom. The average Bonchev–Trinajstić information content (AvgIpc) is 2.61. The molecule has 0 atom stereocenters. The van der Waals surface area contributed by atoms with Crippen LogP contribution in [-0.4, -0.2) is 31.6 Å². The van der Waals surface area contributed by atoms with E-state index in [-0.39, 0.29) is 21.8 Å². The summed E-state index contributed by atoms with van der Waals surface area (Å²) in [5.41, 5.74) is 0.608. The predicted molar refractivity (Wildman–Crippen MR) is 93.2 cm³/mol. The molecule has 0 saturated heterocycles. The van der Waals surface area contributed by atoms with Gasteiger partial charge < -0.3 is 14.8 Å². The van der Waals surface area contributed by atoms with Crippen molar-refractivity contribution in [3.05, 3.63) is 63.6 Å². The van der Waals surface area contributed by atoms with Gasteiger partial charge in [-0.15, -0.1) is 0 Å². The van der Waals surface area contributed by atoms with Crippen molar-refractivity contribution < 1.29 is 23.9 Å². The number of carbonyl (C=O) groups excluding carboxylic acids is 3. The number of rotatable bonds is 5. The van der Waals surface area contributed by atoms with Crippen molar-refractivity contribution in [3.8, 4) is 0 Å². The molecule has 0 bridgehead atoms. The quantitative estimate of drug-likeness (QED) is 0.800. The first-order chi connectivity index (χ1) is 11.9. The summed E-state index contributed by atoms with van der Waals surface area (Å²) in [6.45, 7) is -0.533. The van der Waals surface area contributed by atoms with E-state index in [1.54, 1.807) is 12.1 Å². The maximum atomic E-state index is 11.9. The molecular formula is C17H13Cl2NO5. The third-order valence-electron chi connectivity index (χ3n) is 3.10. The molecule has 6 nitrogen and oxygen atoms in total.